The molecule has 2 unspecified atom stereocenters. The van der Waals surface area contributed by atoms with Gasteiger partial charge in [-0.3, -0.25) is 10.2 Å². The van der Waals surface area contributed by atoms with E-state index in [1.54, 1.807) is 0 Å². The summed E-state index contributed by atoms with van der Waals surface area (Å²) in [5.41, 5.74) is 5.89. The van der Waals surface area contributed by atoms with Crippen molar-refractivity contribution in [3.05, 3.63) is 23.8 Å². The number of carbonyl (C=O) groups is 2. The van der Waals surface area contributed by atoms with Gasteiger partial charge in [0.05, 0.1) is 10.5 Å². The molecule has 138 valence electrons. The number of carboxylic acids is 1. The summed E-state index contributed by atoms with van der Waals surface area (Å²) in [6.45, 7) is 6.17. The second kappa shape index (κ2) is 6.74. The Labute approximate surface area is 146 Å². The van der Waals surface area contributed by atoms with E-state index in [0.29, 0.717) is 6.42 Å². The minimum absolute atomic E-state index is 0.0330. The molecule has 0 radical (unpaired) electrons. The van der Waals surface area contributed by atoms with Gasteiger partial charge < -0.3 is 10.4 Å². The van der Waals surface area contributed by atoms with Crippen LogP contribution in [0.1, 0.15) is 37.6 Å². The van der Waals surface area contributed by atoms with E-state index < -0.39 is 21.8 Å². The van der Waals surface area contributed by atoms with Crippen molar-refractivity contribution in [3.63, 3.8) is 0 Å². The Kier molecular flexibility index (Phi) is 5.22. The van der Waals surface area contributed by atoms with Gasteiger partial charge in [-0.1, -0.05) is 20.8 Å². The quantitative estimate of drug-likeness (QED) is 0.624. The number of hydrogen-bond acceptors (Lipinski definition) is 6. The Balaban J connectivity index is 2.21. The van der Waals surface area contributed by atoms with Crippen LogP contribution in [-0.2, 0) is 14.6 Å². The molecule has 4 N–H and O–H groups in total. The fourth-order valence-electron chi connectivity index (χ4n) is 2.54. The van der Waals surface area contributed by atoms with E-state index in [0.717, 1.165) is 12.3 Å². The summed E-state index contributed by atoms with van der Waals surface area (Å²) in [6, 6.07) is 3.15. The van der Waals surface area contributed by atoms with Crippen LogP contribution in [0.15, 0.2) is 23.1 Å². The molecule has 0 saturated carbocycles. The second-order valence-electron chi connectivity index (χ2n) is 7.31. The fraction of sp³-hybridized carbons (Fsp3) is 0.500. The van der Waals surface area contributed by atoms with Crippen molar-refractivity contribution in [1.29, 1.82) is 0 Å². The monoisotopic (exact) mass is 369 g/mol. The summed E-state index contributed by atoms with van der Waals surface area (Å²) in [6.07, 6.45) is 1.54. The highest BCUT2D eigenvalue weighted by molar-refractivity contribution is 7.90. The summed E-state index contributed by atoms with van der Waals surface area (Å²) >= 11 is 0. The van der Waals surface area contributed by atoms with E-state index in [2.05, 4.69) is 36.9 Å². The minimum Gasteiger partial charge on any atom is -0.478 e. The van der Waals surface area contributed by atoms with Crippen LogP contribution in [0.25, 0.3) is 0 Å². The van der Waals surface area contributed by atoms with E-state index >= 15 is 0 Å². The van der Waals surface area contributed by atoms with Gasteiger partial charge in [0.2, 0.25) is 5.91 Å². The van der Waals surface area contributed by atoms with Gasteiger partial charge in [-0.15, -0.1) is 0 Å². The van der Waals surface area contributed by atoms with E-state index in [4.69, 9.17) is 5.11 Å². The van der Waals surface area contributed by atoms with Crippen LogP contribution in [0.3, 0.4) is 0 Å². The summed E-state index contributed by atoms with van der Waals surface area (Å²) in [7, 11) is -3.61. The number of anilines is 1. The van der Waals surface area contributed by atoms with E-state index in [9.17, 15) is 18.0 Å². The maximum absolute atomic E-state index is 12.4. The average Bonchev–Trinajstić information content (AvgIpc) is 2.95. The van der Waals surface area contributed by atoms with Gasteiger partial charge in [-0.25, -0.2) is 18.6 Å². The van der Waals surface area contributed by atoms with Gasteiger partial charge in [0, 0.05) is 18.0 Å². The fourth-order valence-corrected chi connectivity index (χ4v) is 3.22. The van der Waals surface area contributed by atoms with Crippen LogP contribution < -0.4 is 16.2 Å². The van der Waals surface area contributed by atoms with Crippen molar-refractivity contribution in [2.24, 2.45) is 5.41 Å². The Bertz CT molecular complexity index is 798. The zero-order valence-electron chi connectivity index (χ0n) is 14.6. The summed E-state index contributed by atoms with van der Waals surface area (Å²) in [4.78, 5) is 23.5. The number of hydrogen-bond donors (Lipinski definition) is 4. The third kappa shape index (κ3) is 4.77. The number of rotatable bonds is 4. The van der Waals surface area contributed by atoms with Gasteiger partial charge in [0.25, 0.3) is 0 Å². The average molecular weight is 369 g/mol. The van der Waals surface area contributed by atoms with Crippen LogP contribution in [0.4, 0.5) is 5.69 Å². The number of nitrogens with one attached hydrogen (secondary N) is 3. The van der Waals surface area contributed by atoms with Gasteiger partial charge >= 0.3 is 5.97 Å². The van der Waals surface area contributed by atoms with Crippen LogP contribution in [-0.4, -0.2) is 43.7 Å². The molecule has 0 bridgehead atoms. The van der Waals surface area contributed by atoms with E-state index in [1.807, 2.05) is 0 Å². The molecule has 2 rings (SSSR count). The van der Waals surface area contributed by atoms with Crippen LogP contribution in [0, 0.1) is 5.41 Å². The second-order valence-corrected chi connectivity index (χ2v) is 9.32. The zero-order valence-corrected chi connectivity index (χ0v) is 15.4. The number of sulfone groups is 1. The van der Waals surface area contributed by atoms with Crippen LogP contribution in [0.2, 0.25) is 0 Å². The third-order valence-corrected chi connectivity index (χ3v) is 5.21. The maximum Gasteiger partial charge on any atom is 0.335 e. The summed E-state index contributed by atoms with van der Waals surface area (Å²) < 4.78 is 23.5. The number of aromatic carboxylic acids is 1. The molecule has 0 aromatic heterocycles. The molecule has 1 aromatic carbocycles. The van der Waals surface area contributed by atoms with Crippen molar-refractivity contribution in [2.45, 2.75) is 44.2 Å². The normalized spacial score (nSPS) is 21.1. The number of carboxylic acid groups (broad SMARTS) is 1. The zero-order chi connectivity index (χ0) is 19.0. The highest BCUT2D eigenvalue weighted by Crippen LogP contribution is 2.26. The minimum atomic E-state index is -3.61. The van der Waals surface area contributed by atoms with Crippen LogP contribution in [0.5, 0.6) is 0 Å². The predicted molar refractivity (Wildman–Crippen MR) is 93.1 cm³/mol. The molecule has 0 spiro atoms. The van der Waals surface area contributed by atoms with E-state index in [-0.39, 0.29) is 33.5 Å². The lowest BCUT2D eigenvalue weighted by molar-refractivity contribution is -0.117. The summed E-state index contributed by atoms with van der Waals surface area (Å²) in [5, 5.41) is 11.7. The van der Waals surface area contributed by atoms with Crippen molar-refractivity contribution >= 4 is 27.4 Å². The summed E-state index contributed by atoms with van der Waals surface area (Å²) in [5.74, 6) is -1.63. The van der Waals surface area contributed by atoms with Crippen LogP contribution >= 0.6 is 0 Å². The van der Waals surface area contributed by atoms with Gasteiger partial charge in [-0.05, 0) is 30.0 Å². The molecule has 8 nitrogen and oxygen atoms in total. The molecule has 1 heterocycles. The molecule has 1 amide bonds. The number of amides is 1. The molecule has 1 aliphatic heterocycles. The Morgan fingerprint density at radius 3 is 2.32 bits per heavy atom. The Morgan fingerprint density at radius 1 is 1.20 bits per heavy atom. The molecule has 1 aliphatic rings. The SMILES string of the molecule is CC(C)(C)C1CC(C(=O)Nc2cc(C(=O)O)cc(S(C)(=O)=O)c2)NN1. The van der Waals surface area contributed by atoms with Gasteiger partial charge in [-0.2, -0.15) is 0 Å². The van der Waals surface area contributed by atoms with Crippen molar-refractivity contribution < 1.29 is 23.1 Å². The third-order valence-electron chi connectivity index (χ3n) is 4.11. The topological polar surface area (TPSA) is 125 Å². The maximum atomic E-state index is 12.4. The highest BCUT2D eigenvalue weighted by Gasteiger charge is 2.35. The first kappa shape index (κ1) is 19.4. The Morgan fingerprint density at radius 2 is 1.84 bits per heavy atom. The molecule has 2 atom stereocenters. The number of hydrazine groups is 1. The smallest absolute Gasteiger partial charge is 0.335 e. The molecule has 9 heteroatoms. The standard InChI is InChI=1S/C16H23N3O5S/c1-16(2,3)13-8-12(18-19-13)14(20)17-10-5-9(15(21)22)6-11(7-10)25(4,23)24/h5-7,12-13,18-19H,8H2,1-4H3,(H,17,20)(H,21,22). The lowest BCUT2D eigenvalue weighted by atomic mass is 9.84. The van der Waals surface area contributed by atoms with Crippen molar-refractivity contribution in [3.8, 4) is 0 Å². The number of benzene rings is 1. The highest BCUT2D eigenvalue weighted by atomic mass is 32.2. The van der Waals surface area contributed by atoms with Crippen molar-refractivity contribution in [1.82, 2.24) is 10.9 Å². The first-order valence-electron chi connectivity index (χ1n) is 7.78. The molecular weight excluding hydrogens is 346 g/mol. The molecule has 25 heavy (non-hydrogen) atoms. The lowest BCUT2D eigenvalue weighted by Gasteiger charge is -2.25. The molecule has 1 saturated heterocycles. The first-order chi connectivity index (χ1) is 11.4. The number of carbonyl (C=O) groups excluding carboxylic acids is 1. The van der Waals surface area contributed by atoms with Crippen molar-refractivity contribution in [2.75, 3.05) is 11.6 Å². The van der Waals surface area contributed by atoms with Gasteiger partial charge in [0.15, 0.2) is 9.84 Å². The molecule has 1 aromatic rings. The van der Waals surface area contributed by atoms with Gasteiger partial charge in [0.1, 0.15) is 6.04 Å². The molecular formula is C16H23N3O5S. The predicted octanol–water partition coefficient (Wildman–Crippen LogP) is 1.01. The van der Waals surface area contributed by atoms with E-state index in [1.165, 1.54) is 12.1 Å². The molecule has 0 aliphatic carbocycles. The largest absolute Gasteiger partial charge is 0.478 e. The Hall–Kier alpha value is -1.97. The molecule has 1 fully saturated rings. The first-order valence-corrected chi connectivity index (χ1v) is 9.67. The lowest BCUT2D eigenvalue weighted by Crippen LogP contribution is -2.42.